The third-order valence-corrected chi connectivity index (χ3v) is 6.22. The van der Waals surface area contributed by atoms with Gasteiger partial charge in [-0.1, -0.05) is 29.8 Å². The van der Waals surface area contributed by atoms with Crippen LogP contribution < -0.4 is 15.4 Å². The van der Waals surface area contributed by atoms with Crippen molar-refractivity contribution < 1.29 is 28.2 Å². The number of carbonyl (C=O) groups excluding carboxylic acids is 2. The fourth-order valence-corrected chi connectivity index (χ4v) is 3.90. The van der Waals surface area contributed by atoms with Crippen molar-refractivity contribution in [3.05, 3.63) is 83.0 Å². The van der Waals surface area contributed by atoms with Crippen molar-refractivity contribution in [2.45, 2.75) is 27.0 Å². The van der Waals surface area contributed by atoms with Crippen molar-refractivity contribution in [3.63, 3.8) is 0 Å². The summed E-state index contributed by atoms with van der Waals surface area (Å²) in [6, 6.07) is 16.2. The molecule has 3 N–H and O–H groups in total. The molecule has 38 heavy (non-hydrogen) atoms. The van der Waals surface area contributed by atoms with Gasteiger partial charge in [0, 0.05) is 18.0 Å². The molecule has 2 amide bonds. The second-order valence-corrected chi connectivity index (χ2v) is 9.57. The Kier molecular flexibility index (Phi) is 7.94. The molecular weight excluding hydrogens is 518 g/mol. The number of hydrogen-bond donors (Lipinski definition) is 3. The standard InChI is InChI=1S/C27H25ClF2N4O4/c1-27(2,15-35)25(37)31-13-16-9-10-21(28)19(11-16)24(36)33-22-7-4-8-23-20(22)14-32-34(23)17-5-3-6-18(12-17)38-26(29)30/h3-12,14,26,35H,13,15H2,1-2H3,(H,31,37)(H,33,36). The summed E-state index contributed by atoms with van der Waals surface area (Å²) in [6.07, 6.45) is 1.56. The molecule has 198 valence electrons. The molecule has 0 saturated carbocycles. The van der Waals surface area contributed by atoms with E-state index in [1.165, 1.54) is 12.1 Å². The molecule has 4 rings (SSSR count). The first kappa shape index (κ1) is 27.0. The summed E-state index contributed by atoms with van der Waals surface area (Å²) in [5.74, 6) is -0.793. The number of amides is 2. The molecule has 0 aliphatic rings. The van der Waals surface area contributed by atoms with E-state index in [-0.39, 0.29) is 35.4 Å². The van der Waals surface area contributed by atoms with Gasteiger partial charge in [-0.25, -0.2) is 4.68 Å². The van der Waals surface area contributed by atoms with Crippen molar-refractivity contribution in [2.24, 2.45) is 5.41 Å². The monoisotopic (exact) mass is 542 g/mol. The molecule has 4 aromatic rings. The number of benzene rings is 3. The number of aliphatic hydroxyl groups is 1. The zero-order valence-corrected chi connectivity index (χ0v) is 21.3. The van der Waals surface area contributed by atoms with E-state index in [9.17, 15) is 23.5 Å². The first-order valence-corrected chi connectivity index (χ1v) is 12.0. The van der Waals surface area contributed by atoms with Gasteiger partial charge in [-0.05, 0) is 55.8 Å². The molecule has 0 saturated heterocycles. The summed E-state index contributed by atoms with van der Waals surface area (Å²) in [5, 5.41) is 20.2. The number of alkyl halides is 2. The molecular formula is C27H25ClF2N4O4. The van der Waals surface area contributed by atoms with E-state index in [2.05, 4.69) is 20.5 Å². The highest BCUT2D eigenvalue weighted by atomic mass is 35.5. The number of aliphatic hydroxyl groups excluding tert-OH is 1. The van der Waals surface area contributed by atoms with E-state index in [0.717, 1.165) is 0 Å². The van der Waals surface area contributed by atoms with E-state index in [4.69, 9.17) is 11.6 Å². The van der Waals surface area contributed by atoms with Crippen molar-refractivity contribution in [1.82, 2.24) is 15.1 Å². The van der Waals surface area contributed by atoms with Gasteiger partial charge >= 0.3 is 6.61 Å². The van der Waals surface area contributed by atoms with E-state index in [1.807, 2.05) is 0 Å². The Balaban J connectivity index is 1.56. The lowest BCUT2D eigenvalue weighted by atomic mass is 9.93. The average Bonchev–Trinajstić information content (AvgIpc) is 3.33. The molecule has 8 nitrogen and oxygen atoms in total. The van der Waals surface area contributed by atoms with Crippen LogP contribution in [0.4, 0.5) is 14.5 Å². The van der Waals surface area contributed by atoms with Gasteiger partial charge in [-0.2, -0.15) is 13.9 Å². The maximum absolute atomic E-state index is 13.2. The Morgan fingerprint density at radius 1 is 1.13 bits per heavy atom. The largest absolute Gasteiger partial charge is 0.435 e. The summed E-state index contributed by atoms with van der Waals surface area (Å²) in [5.41, 5.74) is 1.53. The minimum absolute atomic E-state index is 0.00348. The van der Waals surface area contributed by atoms with Gasteiger partial charge < -0.3 is 20.5 Å². The lowest BCUT2D eigenvalue weighted by Gasteiger charge is -2.20. The van der Waals surface area contributed by atoms with Gasteiger partial charge in [0.05, 0.1) is 45.7 Å². The quantitative estimate of drug-likeness (QED) is 0.271. The highest BCUT2D eigenvalue weighted by Gasteiger charge is 2.26. The first-order valence-electron chi connectivity index (χ1n) is 11.6. The fraction of sp³-hybridized carbons (Fsp3) is 0.222. The molecule has 0 aliphatic carbocycles. The Morgan fingerprint density at radius 2 is 1.89 bits per heavy atom. The molecule has 1 aromatic heterocycles. The predicted octanol–water partition coefficient (Wildman–Crippen LogP) is 5.17. The molecule has 0 radical (unpaired) electrons. The van der Waals surface area contributed by atoms with Gasteiger partial charge in [-0.3, -0.25) is 9.59 Å². The lowest BCUT2D eigenvalue weighted by molar-refractivity contribution is -0.131. The third kappa shape index (κ3) is 5.92. The van der Waals surface area contributed by atoms with Crippen LogP contribution >= 0.6 is 11.6 Å². The highest BCUT2D eigenvalue weighted by Crippen LogP contribution is 2.28. The fourth-order valence-electron chi connectivity index (χ4n) is 3.70. The summed E-state index contributed by atoms with van der Waals surface area (Å²) in [7, 11) is 0. The SMILES string of the molecule is CC(C)(CO)C(=O)NCc1ccc(Cl)c(C(=O)Nc2cccc3c2cnn3-c2cccc(OC(F)F)c2)c1. The van der Waals surface area contributed by atoms with Crippen LogP contribution in [0.5, 0.6) is 5.75 Å². The van der Waals surface area contributed by atoms with Crippen LogP contribution in [0.1, 0.15) is 29.8 Å². The first-order chi connectivity index (χ1) is 18.1. The molecule has 0 aliphatic heterocycles. The van der Waals surface area contributed by atoms with E-state index < -0.39 is 17.9 Å². The number of ether oxygens (including phenoxy) is 1. The van der Waals surface area contributed by atoms with Gasteiger partial charge in [0.15, 0.2) is 0 Å². The maximum atomic E-state index is 13.2. The second-order valence-electron chi connectivity index (χ2n) is 9.16. The number of anilines is 1. The molecule has 1 heterocycles. The maximum Gasteiger partial charge on any atom is 0.387 e. The van der Waals surface area contributed by atoms with E-state index in [0.29, 0.717) is 27.8 Å². The Morgan fingerprint density at radius 3 is 2.63 bits per heavy atom. The van der Waals surface area contributed by atoms with Crippen molar-refractivity contribution in [1.29, 1.82) is 0 Å². The van der Waals surface area contributed by atoms with Crippen LogP contribution in [0.25, 0.3) is 16.6 Å². The number of hydrogen-bond acceptors (Lipinski definition) is 5. The van der Waals surface area contributed by atoms with Gasteiger partial charge in [-0.15, -0.1) is 0 Å². The summed E-state index contributed by atoms with van der Waals surface area (Å²) in [4.78, 5) is 25.4. The average molecular weight is 543 g/mol. The molecule has 0 spiro atoms. The summed E-state index contributed by atoms with van der Waals surface area (Å²) < 4.78 is 31.3. The van der Waals surface area contributed by atoms with Crippen molar-refractivity contribution in [3.8, 4) is 11.4 Å². The highest BCUT2D eigenvalue weighted by molar-refractivity contribution is 6.34. The smallest absolute Gasteiger partial charge is 0.387 e. The zero-order chi connectivity index (χ0) is 27.4. The topological polar surface area (TPSA) is 105 Å². The van der Waals surface area contributed by atoms with Crippen LogP contribution in [0.3, 0.4) is 0 Å². The number of aromatic nitrogens is 2. The Labute approximate surface area is 222 Å². The van der Waals surface area contributed by atoms with Crippen LogP contribution in [0, 0.1) is 5.41 Å². The van der Waals surface area contributed by atoms with Crippen molar-refractivity contribution >= 4 is 40.0 Å². The molecule has 0 bridgehead atoms. The van der Waals surface area contributed by atoms with E-state index >= 15 is 0 Å². The molecule has 0 unspecified atom stereocenters. The van der Waals surface area contributed by atoms with Crippen LogP contribution in [-0.2, 0) is 11.3 Å². The predicted molar refractivity (Wildman–Crippen MR) is 140 cm³/mol. The van der Waals surface area contributed by atoms with Crippen LogP contribution in [0.2, 0.25) is 5.02 Å². The number of rotatable bonds is 9. The van der Waals surface area contributed by atoms with Crippen molar-refractivity contribution in [2.75, 3.05) is 11.9 Å². The lowest BCUT2D eigenvalue weighted by Crippen LogP contribution is -2.38. The van der Waals surface area contributed by atoms with E-state index in [1.54, 1.807) is 73.3 Å². The Hall–Kier alpha value is -4.02. The van der Waals surface area contributed by atoms with Crippen LogP contribution in [-0.4, -0.2) is 39.9 Å². The summed E-state index contributed by atoms with van der Waals surface area (Å²) in [6.45, 7) is 0.149. The number of nitrogens with zero attached hydrogens (tertiary/aromatic N) is 2. The number of fused-ring (bicyclic) bond motifs is 1. The zero-order valence-electron chi connectivity index (χ0n) is 20.5. The number of carbonyl (C=O) groups is 2. The van der Waals surface area contributed by atoms with Gasteiger partial charge in [0.1, 0.15) is 5.75 Å². The molecule has 0 atom stereocenters. The minimum Gasteiger partial charge on any atom is -0.435 e. The van der Waals surface area contributed by atoms with Gasteiger partial charge in [0.25, 0.3) is 5.91 Å². The molecule has 11 heteroatoms. The second kappa shape index (κ2) is 11.2. The minimum atomic E-state index is -2.95. The summed E-state index contributed by atoms with van der Waals surface area (Å²) >= 11 is 6.31. The Bertz CT molecular complexity index is 1490. The van der Waals surface area contributed by atoms with Crippen LogP contribution in [0.15, 0.2) is 66.9 Å². The number of nitrogens with one attached hydrogen (secondary N) is 2. The molecule has 0 fully saturated rings. The molecule has 3 aromatic carbocycles. The van der Waals surface area contributed by atoms with Gasteiger partial charge in [0.2, 0.25) is 5.91 Å². The third-order valence-electron chi connectivity index (χ3n) is 5.89. The normalized spacial score (nSPS) is 11.6. The number of halogens is 3.